The second kappa shape index (κ2) is 12.1. The summed E-state index contributed by atoms with van der Waals surface area (Å²) in [5.41, 5.74) is 3.98. The molecule has 0 radical (unpaired) electrons. The van der Waals surface area contributed by atoms with Gasteiger partial charge in [-0.1, -0.05) is 43.7 Å². The quantitative estimate of drug-likeness (QED) is 0.308. The average molecular weight is 537 g/mol. The summed E-state index contributed by atoms with van der Waals surface area (Å²) in [5, 5.41) is 11.9. The first-order chi connectivity index (χ1) is 18.2. The van der Waals surface area contributed by atoms with Crippen molar-refractivity contribution in [3.8, 4) is 11.1 Å². The fraction of sp³-hybridized carbons (Fsp3) is 0.400. The fourth-order valence-electron chi connectivity index (χ4n) is 4.09. The lowest BCUT2D eigenvalue weighted by Crippen LogP contribution is -2.32. The molecule has 3 rings (SSSR count). The molecule has 2 N–H and O–H groups in total. The van der Waals surface area contributed by atoms with E-state index in [9.17, 15) is 14.4 Å². The molecule has 208 valence electrons. The molecule has 0 aliphatic rings. The lowest BCUT2D eigenvalue weighted by molar-refractivity contribution is 0.0440. The summed E-state index contributed by atoms with van der Waals surface area (Å²) >= 11 is 0. The van der Waals surface area contributed by atoms with Crippen LogP contribution in [0, 0.1) is 19.8 Å². The van der Waals surface area contributed by atoms with Gasteiger partial charge < -0.3 is 24.3 Å². The Morgan fingerprint density at radius 1 is 1.05 bits per heavy atom. The van der Waals surface area contributed by atoms with Crippen molar-refractivity contribution >= 4 is 18.0 Å². The molecule has 39 heavy (non-hydrogen) atoms. The summed E-state index contributed by atoms with van der Waals surface area (Å²) in [6.07, 6.45) is 0.0506. The first-order valence-electron chi connectivity index (χ1n) is 12.8. The molecule has 0 aliphatic heterocycles. The van der Waals surface area contributed by atoms with E-state index in [4.69, 9.17) is 24.0 Å². The summed E-state index contributed by atoms with van der Waals surface area (Å²) in [4.78, 5) is 42.0. The first kappa shape index (κ1) is 29.4. The number of aryl methyl sites for hydroxylation is 2. The Morgan fingerprint density at radius 3 is 2.28 bits per heavy atom. The number of carbonyl (C=O) groups is 3. The molecule has 2 aromatic heterocycles. The molecule has 0 atom stereocenters. The summed E-state index contributed by atoms with van der Waals surface area (Å²) < 4.78 is 16.2. The maximum absolute atomic E-state index is 13.5. The standard InChI is InChI=1S/C30H36N2O7/c1-17(2)14-23-22(15-31-29(36)39-30(5,6)7)26(20-10-8-18(3)9-11-20)25(19(4)32-23)28(35)37-16-21-12-13-24(38-21)27(33)34/h8-13,17H,14-16H2,1-7H3,(H,31,36)(H,33,34). The minimum atomic E-state index is -1.21. The third kappa shape index (κ3) is 7.92. The maximum Gasteiger partial charge on any atom is 0.407 e. The number of pyridine rings is 1. The van der Waals surface area contributed by atoms with Gasteiger partial charge in [0.2, 0.25) is 5.76 Å². The number of alkyl carbamates (subject to hydrolysis) is 1. The van der Waals surface area contributed by atoms with Gasteiger partial charge in [0.15, 0.2) is 0 Å². The second-order valence-corrected chi connectivity index (χ2v) is 10.8. The van der Waals surface area contributed by atoms with E-state index in [1.165, 1.54) is 12.1 Å². The molecule has 0 aliphatic carbocycles. The van der Waals surface area contributed by atoms with Crippen LogP contribution >= 0.6 is 0 Å². The fourth-order valence-corrected chi connectivity index (χ4v) is 4.09. The Morgan fingerprint density at radius 2 is 1.72 bits per heavy atom. The number of furan rings is 1. The van der Waals surface area contributed by atoms with Crippen molar-refractivity contribution in [1.82, 2.24) is 10.3 Å². The van der Waals surface area contributed by atoms with E-state index in [1.54, 1.807) is 27.7 Å². The number of carboxylic acid groups (broad SMARTS) is 1. The van der Waals surface area contributed by atoms with Crippen LogP contribution in [0.1, 0.15) is 83.8 Å². The number of hydrogen-bond acceptors (Lipinski definition) is 7. The van der Waals surface area contributed by atoms with Gasteiger partial charge in [-0.15, -0.1) is 0 Å². The minimum Gasteiger partial charge on any atom is -0.475 e. The largest absolute Gasteiger partial charge is 0.475 e. The zero-order chi connectivity index (χ0) is 28.9. The van der Waals surface area contributed by atoms with Crippen molar-refractivity contribution in [2.24, 2.45) is 5.92 Å². The molecule has 9 heteroatoms. The number of benzene rings is 1. The molecule has 3 aromatic rings. The van der Waals surface area contributed by atoms with Gasteiger partial charge in [0.1, 0.15) is 18.0 Å². The van der Waals surface area contributed by atoms with Gasteiger partial charge in [-0.3, -0.25) is 4.98 Å². The second-order valence-electron chi connectivity index (χ2n) is 10.8. The predicted octanol–water partition coefficient (Wildman–Crippen LogP) is 6.24. The number of rotatable bonds is 9. The van der Waals surface area contributed by atoms with Crippen LogP contribution in [-0.2, 0) is 29.0 Å². The van der Waals surface area contributed by atoms with Gasteiger partial charge in [0.05, 0.1) is 11.3 Å². The highest BCUT2D eigenvalue weighted by Gasteiger charge is 2.26. The molecule has 1 aromatic carbocycles. The van der Waals surface area contributed by atoms with E-state index in [2.05, 4.69) is 19.2 Å². The third-order valence-corrected chi connectivity index (χ3v) is 5.74. The molecule has 1 amide bonds. The Kier molecular flexibility index (Phi) is 9.16. The number of aromatic carboxylic acids is 1. The van der Waals surface area contributed by atoms with Gasteiger partial charge in [-0.25, -0.2) is 14.4 Å². The summed E-state index contributed by atoms with van der Waals surface area (Å²) in [6, 6.07) is 10.5. The molecule has 2 heterocycles. The third-order valence-electron chi connectivity index (χ3n) is 5.74. The van der Waals surface area contributed by atoms with E-state index in [0.717, 1.165) is 16.8 Å². The maximum atomic E-state index is 13.5. The van der Waals surface area contributed by atoms with Crippen LogP contribution in [0.15, 0.2) is 40.8 Å². The van der Waals surface area contributed by atoms with Gasteiger partial charge in [-0.05, 0) is 64.7 Å². The van der Waals surface area contributed by atoms with Crippen molar-refractivity contribution in [3.63, 3.8) is 0 Å². The topological polar surface area (TPSA) is 128 Å². The van der Waals surface area contributed by atoms with Crippen molar-refractivity contribution in [2.75, 3.05) is 0 Å². The zero-order valence-electron chi connectivity index (χ0n) is 23.5. The molecule has 0 bridgehead atoms. The SMILES string of the molecule is Cc1ccc(-c2c(CNC(=O)OC(C)(C)C)c(CC(C)C)nc(C)c2C(=O)OCc2ccc(C(=O)O)o2)cc1. The van der Waals surface area contributed by atoms with Gasteiger partial charge in [-0.2, -0.15) is 0 Å². The van der Waals surface area contributed by atoms with Crippen molar-refractivity contribution in [3.05, 3.63) is 76.0 Å². The number of esters is 1. The number of carboxylic acids is 1. The summed E-state index contributed by atoms with van der Waals surface area (Å²) in [6.45, 7) is 13.1. The first-order valence-corrected chi connectivity index (χ1v) is 12.8. The van der Waals surface area contributed by atoms with Crippen LogP contribution in [0.2, 0.25) is 0 Å². The number of nitrogens with zero attached hydrogens (tertiary/aromatic N) is 1. The lowest BCUT2D eigenvalue weighted by atomic mass is 9.89. The molecule has 0 spiro atoms. The monoisotopic (exact) mass is 536 g/mol. The van der Waals surface area contributed by atoms with Crippen molar-refractivity contribution in [1.29, 1.82) is 0 Å². The Bertz CT molecular complexity index is 1350. The van der Waals surface area contributed by atoms with Crippen molar-refractivity contribution in [2.45, 2.75) is 73.6 Å². The van der Waals surface area contributed by atoms with Crippen LogP contribution in [0.4, 0.5) is 4.79 Å². The number of carbonyl (C=O) groups excluding carboxylic acids is 2. The Labute approximate surface area is 228 Å². The van der Waals surface area contributed by atoms with E-state index in [-0.39, 0.29) is 36.2 Å². The number of aromatic nitrogens is 1. The minimum absolute atomic E-state index is 0.0912. The van der Waals surface area contributed by atoms with Crippen LogP contribution in [0.25, 0.3) is 11.1 Å². The molecule has 0 saturated heterocycles. The van der Waals surface area contributed by atoms with Crippen LogP contribution < -0.4 is 5.32 Å². The Balaban J connectivity index is 2.09. The van der Waals surface area contributed by atoms with E-state index >= 15 is 0 Å². The molecule has 9 nitrogen and oxygen atoms in total. The molecule has 0 fully saturated rings. The van der Waals surface area contributed by atoms with Crippen molar-refractivity contribution < 1.29 is 33.4 Å². The van der Waals surface area contributed by atoms with Crippen LogP contribution in [0.5, 0.6) is 0 Å². The molecular weight excluding hydrogens is 500 g/mol. The highest BCUT2D eigenvalue weighted by molar-refractivity contribution is 5.99. The normalized spacial score (nSPS) is 11.4. The van der Waals surface area contributed by atoms with Crippen LogP contribution in [-0.4, -0.2) is 33.7 Å². The number of nitrogens with one attached hydrogen (secondary N) is 1. The van der Waals surface area contributed by atoms with Crippen LogP contribution in [0.3, 0.4) is 0 Å². The van der Waals surface area contributed by atoms with E-state index in [0.29, 0.717) is 23.2 Å². The zero-order valence-corrected chi connectivity index (χ0v) is 23.5. The van der Waals surface area contributed by atoms with E-state index in [1.807, 2.05) is 31.2 Å². The predicted molar refractivity (Wildman–Crippen MR) is 146 cm³/mol. The molecule has 0 saturated carbocycles. The Hall–Kier alpha value is -4.14. The van der Waals surface area contributed by atoms with Gasteiger partial charge in [0, 0.05) is 23.4 Å². The van der Waals surface area contributed by atoms with E-state index < -0.39 is 23.6 Å². The number of hydrogen-bond donors (Lipinski definition) is 2. The number of ether oxygens (including phenoxy) is 2. The highest BCUT2D eigenvalue weighted by Crippen LogP contribution is 2.33. The van der Waals surface area contributed by atoms with Gasteiger partial charge >= 0.3 is 18.0 Å². The van der Waals surface area contributed by atoms with Gasteiger partial charge in [0.25, 0.3) is 0 Å². The summed E-state index contributed by atoms with van der Waals surface area (Å²) in [5.74, 6) is -1.63. The molecule has 0 unspecified atom stereocenters. The smallest absolute Gasteiger partial charge is 0.407 e. The molecular formula is C30H36N2O7. The lowest BCUT2D eigenvalue weighted by Gasteiger charge is -2.23. The highest BCUT2D eigenvalue weighted by atomic mass is 16.6. The number of amides is 1. The average Bonchev–Trinajstić information content (AvgIpc) is 3.30. The summed E-state index contributed by atoms with van der Waals surface area (Å²) in [7, 11) is 0.